The van der Waals surface area contributed by atoms with E-state index in [2.05, 4.69) is 106 Å². The van der Waals surface area contributed by atoms with Gasteiger partial charge in [-0.2, -0.15) is 40.8 Å². The van der Waals surface area contributed by atoms with Crippen LogP contribution in [0.5, 0.6) is 28.7 Å². The number of H-pyrrole nitrogens is 8. The summed E-state index contributed by atoms with van der Waals surface area (Å²) in [7, 11) is 4.80. The van der Waals surface area contributed by atoms with Gasteiger partial charge in [-0.15, -0.1) is 13.2 Å². The molecule has 8 aromatic heterocycles. The zero-order chi connectivity index (χ0) is 82.5. The molecule has 18 rings (SSSR count). The van der Waals surface area contributed by atoms with Crippen molar-refractivity contribution in [1.29, 1.82) is 0 Å². The van der Waals surface area contributed by atoms with E-state index in [9.17, 15) is 57.9 Å². The first-order valence-corrected chi connectivity index (χ1v) is 33.9. The number of nitrogens with two attached hydrogens (primary N) is 2. The molecule has 0 aliphatic carbocycles. The molecule has 0 bridgehead atoms. The van der Waals surface area contributed by atoms with Gasteiger partial charge in [0.05, 0.1) is 61.7 Å². The van der Waals surface area contributed by atoms with Gasteiger partial charge < -0.3 is 35.2 Å². The number of hydrogen-bond acceptors (Lipinski definition) is 18. The highest BCUT2D eigenvalue weighted by atomic mass is 19.4. The number of methoxy groups -OCH3 is 4. The molecule has 8 heterocycles. The summed E-state index contributed by atoms with van der Waals surface area (Å²) in [6, 6.07) is 40.9. The first-order valence-electron chi connectivity index (χ1n) is 33.9. The number of alkyl halides is 3. The van der Waals surface area contributed by atoms with Gasteiger partial charge in [0.25, 0.3) is 0 Å². The van der Waals surface area contributed by atoms with Crippen molar-refractivity contribution in [3.8, 4) is 119 Å². The largest absolute Gasteiger partial charge is 0.573 e. The van der Waals surface area contributed by atoms with Crippen LogP contribution in [0.15, 0.2) is 183 Å². The Kier molecular flexibility index (Phi) is 21.8. The highest BCUT2D eigenvalue weighted by Gasteiger charge is 2.31. The zero-order valence-corrected chi connectivity index (χ0v) is 60.4. The van der Waals surface area contributed by atoms with Crippen molar-refractivity contribution in [2.75, 3.05) is 28.4 Å². The number of ether oxygens (including phenoxy) is 5. The summed E-state index contributed by atoms with van der Waals surface area (Å²) in [5.74, 6) is -7.94. The van der Waals surface area contributed by atoms with Crippen LogP contribution >= 0.6 is 0 Å². The zero-order valence-electron chi connectivity index (χ0n) is 60.4. The van der Waals surface area contributed by atoms with Gasteiger partial charge in [-0.05, 0) is 164 Å². The fraction of sp³-hybridized carbons (Fsp3) is 0.0641. The van der Waals surface area contributed by atoms with Crippen LogP contribution in [0.1, 0.15) is 20.7 Å². The lowest BCUT2D eigenvalue weighted by Gasteiger charge is -2.08. The molecular formula is C78H54F11N21O7. The Morgan fingerprint density at radius 3 is 0.940 bits per heavy atom. The molecule has 28 nitrogen and oxygen atoms in total. The predicted molar refractivity (Wildman–Crippen MR) is 403 cm³/mol. The maximum absolute atomic E-state index is 14.6. The number of benzene rings is 10. The van der Waals surface area contributed by atoms with E-state index < -0.39 is 87.7 Å². The van der Waals surface area contributed by atoms with E-state index >= 15 is 0 Å². The molecule has 2 amide bonds. The Hall–Kier alpha value is -15.9. The molecule has 590 valence electrons. The van der Waals surface area contributed by atoms with E-state index in [0.29, 0.717) is 84.0 Å². The molecule has 0 saturated carbocycles. The molecule has 39 heteroatoms. The normalized spacial score (nSPS) is 11.2. The van der Waals surface area contributed by atoms with E-state index in [1.165, 1.54) is 114 Å². The van der Waals surface area contributed by atoms with Crippen molar-refractivity contribution in [3.63, 3.8) is 0 Å². The average Bonchev–Trinajstić information content (AvgIpc) is 1.69. The van der Waals surface area contributed by atoms with Gasteiger partial charge in [-0.1, -0.05) is 0 Å². The van der Waals surface area contributed by atoms with E-state index in [-0.39, 0.29) is 39.3 Å². The number of nitrogens with one attached hydrogen (secondary N) is 8. The monoisotopic (exact) mass is 1610 g/mol. The number of hydrogen-bond donors (Lipinski definition) is 10. The molecular weight excluding hydrogens is 1550 g/mol. The summed E-state index contributed by atoms with van der Waals surface area (Å²) in [5.41, 5.74) is 20.3. The molecule has 0 atom stereocenters. The van der Waals surface area contributed by atoms with Gasteiger partial charge in [0, 0.05) is 82.6 Å². The van der Waals surface area contributed by atoms with Crippen LogP contribution in [-0.4, -0.2) is 143 Å². The summed E-state index contributed by atoms with van der Waals surface area (Å²) < 4.78 is 171. The topological polar surface area (TPSA) is 400 Å². The van der Waals surface area contributed by atoms with Crippen molar-refractivity contribution in [2.45, 2.75) is 6.36 Å². The quantitative estimate of drug-likeness (QED) is 0.0426. The minimum absolute atomic E-state index is 0.0612. The molecule has 18 aromatic rings. The Morgan fingerprint density at radius 1 is 0.325 bits per heavy atom. The second-order valence-corrected chi connectivity index (χ2v) is 24.8. The molecule has 0 spiro atoms. The number of rotatable bonds is 15. The lowest BCUT2D eigenvalue weighted by Crippen LogP contribution is -2.16. The molecule has 0 unspecified atom stereocenters. The second kappa shape index (κ2) is 32.8. The summed E-state index contributed by atoms with van der Waals surface area (Å²) in [6.07, 6.45) is -0.494. The molecule has 0 saturated heterocycles. The van der Waals surface area contributed by atoms with Gasteiger partial charge in [0.2, 0.25) is 11.8 Å². The fourth-order valence-electron chi connectivity index (χ4n) is 12.3. The number of carbonyl (C=O) groups is 2. The Labute approximate surface area is 647 Å². The highest BCUT2D eigenvalue weighted by molar-refractivity contribution is 6.03. The number of fused-ring (bicyclic) bond motifs is 5. The number of nitrogens with zero attached hydrogens (tertiary/aromatic N) is 11. The standard InChI is InChI=1S/C16H10F3N5O.2C16H11F2N5O.2C15H11F2N3O2/c17-16(18,19)25-11-4-1-9(2-5-11)14-12-7-10(15-20-8-21-24-15)3-6-13(12)22-23-14;1-24-15-11(17)4-3-9(13(15)18)14-10-6-8(16-19-7-20-23-16)2-5-12(10)21-22-14;1-24-15-11(17)5-9(6-12(15)18)14-10-4-8(16-19-7-20-23-16)2-3-13(10)21-22-14;1-22-14-10(16)4-3-8(12(14)17)13-9-6-7(15(18)21)2-5-11(9)19-20-13;1-22-14-10(16)5-8(6-11(14)17)13-9-4-7(15(18)21)2-3-12(9)19-20-13/h1-8H,(H,22,23)(H,20,21,24);2*2-7H,1H3,(H,21,22)(H,19,20,23);2*2-6H,1H3,(H2,18,21)(H,19,20). The van der Waals surface area contributed by atoms with E-state index in [0.717, 1.165) is 62.9 Å². The minimum Gasteiger partial charge on any atom is -0.491 e. The molecule has 117 heavy (non-hydrogen) atoms. The smallest absolute Gasteiger partial charge is 0.491 e. The van der Waals surface area contributed by atoms with Crippen LogP contribution in [-0.2, 0) is 0 Å². The highest BCUT2D eigenvalue weighted by Crippen LogP contribution is 2.40. The van der Waals surface area contributed by atoms with Crippen molar-refractivity contribution in [2.24, 2.45) is 11.5 Å². The summed E-state index contributed by atoms with van der Waals surface area (Å²) in [6.45, 7) is 0. The van der Waals surface area contributed by atoms with Crippen LogP contribution in [0.2, 0.25) is 0 Å². The maximum atomic E-state index is 14.6. The second-order valence-electron chi connectivity index (χ2n) is 24.8. The van der Waals surface area contributed by atoms with Crippen molar-refractivity contribution < 1.29 is 81.6 Å². The number of aromatic nitrogens is 19. The third-order valence-electron chi connectivity index (χ3n) is 17.8. The van der Waals surface area contributed by atoms with Gasteiger partial charge in [-0.25, -0.2) is 50.1 Å². The van der Waals surface area contributed by atoms with Gasteiger partial charge in [0.15, 0.2) is 87.0 Å². The predicted octanol–water partition coefficient (Wildman–Crippen LogP) is 15.7. The Balaban J connectivity index is 0.000000120. The van der Waals surface area contributed by atoms with Crippen LogP contribution in [0.3, 0.4) is 0 Å². The van der Waals surface area contributed by atoms with Crippen LogP contribution in [0, 0.1) is 46.5 Å². The minimum atomic E-state index is -4.72. The van der Waals surface area contributed by atoms with Gasteiger partial charge in [-0.3, -0.25) is 50.4 Å². The van der Waals surface area contributed by atoms with Crippen molar-refractivity contribution >= 4 is 66.3 Å². The lowest BCUT2D eigenvalue weighted by atomic mass is 10.0. The number of halogens is 11. The SMILES string of the molecule is COc1c(F)cc(-c2n[nH]c3ccc(-c4ncn[nH]4)cc23)cc1F.COc1c(F)cc(-c2n[nH]c3ccc(C(N)=O)cc23)cc1F.COc1c(F)ccc(-c2n[nH]c3ccc(-c4ncn[nH]4)cc23)c1F.COc1c(F)ccc(-c2n[nH]c3ccc(C(N)=O)cc23)c1F.FC(F)(F)Oc1ccc(-c2n[nH]c3ccc(-c4ncn[nH]4)cc23)cc1. The fourth-order valence-corrected chi connectivity index (χ4v) is 12.3. The van der Waals surface area contributed by atoms with Crippen molar-refractivity contribution in [3.05, 3.63) is 240 Å². The third-order valence-corrected chi connectivity index (χ3v) is 17.8. The molecule has 0 fully saturated rings. The molecule has 0 radical (unpaired) electrons. The van der Waals surface area contributed by atoms with Crippen LogP contribution < -0.4 is 35.2 Å². The van der Waals surface area contributed by atoms with E-state index in [1.54, 1.807) is 18.2 Å². The maximum Gasteiger partial charge on any atom is 0.573 e. The van der Waals surface area contributed by atoms with E-state index in [1.807, 2.05) is 54.6 Å². The summed E-state index contributed by atoms with van der Waals surface area (Å²) in [5, 5.41) is 57.8. The van der Waals surface area contributed by atoms with E-state index in [4.69, 9.17) is 25.7 Å². The molecule has 10 aromatic carbocycles. The molecule has 0 aliphatic rings. The average molecular weight is 1610 g/mol. The number of carbonyl (C=O) groups excluding carboxylic acids is 2. The molecule has 12 N–H and O–H groups in total. The van der Waals surface area contributed by atoms with Crippen LogP contribution in [0.25, 0.3) is 145 Å². The first-order chi connectivity index (χ1) is 56.4. The van der Waals surface area contributed by atoms with Gasteiger partial charge in [0.1, 0.15) is 47.5 Å². The Bertz CT molecular complexity index is 6650. The first kappa shape index (κ1) is 77.9. The lowest BCUT2D eigenvalue weighted by molar-refractivity contribution is -0.274. The number of aromatic amines is 8. The summed E-state index contributed by atoms with van der Waals surface area (Å²) in [4.78, 5) is 34.8. The Morgan fingerprint density at radius 2 is 0.624 bits per heavy atom. The number of amides is 2. The third kappa shape index (κ3) is 16.2. The summed E-state index contributed by atoms with van der Waals surface area (Å²) >= 11 is 0. The van der Waals surface area contributed by atoms with Crippen LogP contribution in [0.4, 0.5) is 48.3 Å². The van der Waals surface area contributed by atoms with Gasteiger partial charge >= 0.3 is 6.36 Å². The number of primary amides is 2. The molecule has 0 aliphatic heterocycles. The van der Waals surface area contributed by atoms with Crippen molar-refractivity contribution in [1.82, 2.24) is 96.5 Å².